The first kappa shape index (κ1) is 15.5. The zero-order valence-electron chi connectivity index (χ0n) is 10.7. The predicted octanol–water partition coefficient (Wildman–Crippen LogP) is 2.36. The van der Waals surface area contributed by atoms with Crippen molar-refractivity contribution in [3.05, 3.63) is 28.2 Å². The Balaban J connectivity index is 2.77. The Morgan fingerprint density at radius 2 is 2.06 bits per heavy atom. The van der Waals surface area contributed by atoms with Crippen LogP contribution in [0.3, 0.4) is 0 Å². The maximum Gasteiger partial charge on any atom is 0.232 e. The molecular formula is C12H19BrN2O2S. The van der Waals surface area contributed by atoms with Crippen molar-refractivity contribution in [1.82, 2.24) is 5.32 Å². The van der Waals surface area contributed by atoms with Gasteiger partial charge in [0.25, 0.3) is 0 Å². The Morgan fingerprint density at radius 1 is 1.33 bits per heavy atom. The number of nitrogens with one attached hydrogen (secondary N) is 2. The van der Waals surface area contributed by atoms with E-state index in [2.05, 4.69) is 26.0 Å². The summed E-state index contributed by atoms with van der Waals surface area (Å²) in [6.45, 7) is 2.70. The third-order valence-corrected chi connectivity index (χ3v) is 4.40. The molecule has 0 bridgehead atoms. The summed E-state index contributed by atoms with van der Waals surface area (Å²) in [6, 6.07) is 5.56. The number of hydrogen-bond acceptors (Lipinski definition) is 3. The Morgan fingerprint density at radius 3 is 2.67 bits per heavy atom. The fourth-order valence-corrected chi connectivity index (χ4v) is 3.18. The molecule has 0 aliphatic carbocycles. The van der Waals surface area contributed by atoms with Gasteiger partial charge in [-0.3, -0.25) is 4.72 Å². The van der Waals surface area contributed by atoms with Gasteiger partial charge in [-0.15, -0.1) is 0 Å². The lowest BCUT2D eigenvalue weighted by Crippen LogP contribution is -2.20. The van der Waals surface area contributed by atoms with E-state index in [1.54, 1.807) is 6.07 Å². The average molecular weight is 335 g/mol. The van der Waals surface area contributed by atoms with E-state index >= 15 is 0 Å². The number of anilines is 1. The molecule has 0 fully saturated rings. The molecule has 0 radical (unpaired) electrons. The average Bonchev–Trinajstić information content (AvgIpc) is 2.31. The summed E-state index contributed by atoms with van der Waals surface area (Å²) in [5, 5.41) is 2.94. The number of aryl methyl sites for hydroxylation is 1. The van der Waals surface area contributed by atoms with Crippen LogP contribution in [0.25, 0.3) is 0 Å². The minimum Gasteiger partial charge on any atom is -0.320 e. The van der Waals surface area contributed by atoms with Crippen molar-refractivity contribution in [3.63, 3.8) is 0 Å². The first-order chi connectivity index (χ1) is 8.48. The summed E-state index contributed by atoms with van der Waals surface area (Å²) in [6.07, 6.45) is 1.39. The minimum absolute atomic E-state index is 0.132. The van der Waals surface area contributed by atoms with E-state index in [0.717, 1.165) is 16.5 Å². The largest absolute Gasteiger partial charge is 0.320 e. The normalized spacial score (nSPS) is 11.5. The molecule has 2 N–H and O–H groups in total. The van der Waals surface area contributed by atoms with Gasteiger partial charge in [0.05, 0.1) is 11.4 Å². The van der Waals surface area contributed by atoms with Gasteiger partial charge in [-0.25, -0.2) is 8.42 Å². The van der Waals surface area contributed by atoms with Crippen LogP contribution >= 0.6 is 15.9 Å². The van der Waals surface area contributed by atoms with Crippen molar-refractivity contribution >= 4 is 31.6 Å². The molecule has 0 saturated heterocycles. The fourth-order valence-electron chi connectivity index (χ4n) is 1.61. The third kappa shape index (κ3) is 4.96. The lowest BCUT2D eigenvalue weighted by atomic mass is 10.1. The summed E-state index contributed by atoms with van der Waals surface area (Å²) in [5.41, 5.74) is 1.66. The second kappa shape index (κ2) is 7.11. The van der Waals surface area contributed by atoms with Gasteiger partial charge in [-0.1, -0.05) is 22.9 Å². The Labute approximate surface area is 117 Å². The molecule has 0 spiro atoms. The molecule has 1 aromatic rings. The van der Waals surface area contributed by atoms with Crippen molar-refractivity contribution in [2.75, 3.05) is 24.1 Å². The van der Waals surface area contributed by atoms with E-state index in [0.29, 0.717) is 18.7 Å². The van der Waals surface area contributed by atoms with E-state index in [9.17, 15) is 8.42 Å². The highest BCUT2D eigenvalue weighted by Gasteiger charge is 2.12. The molecule has 0 aromatic heterocycles. The molecule has 102 valence electrons. The van der Waals surface area contributed by atoms with Gasteiger partial charge in [0, 0.05) is 4.47 Å². The van der Waals surface area contributed by atoms with Crippen molar-refractivity contribution < 1.29 is 8.42 Å². The van der Waals surface area contributed by atoms with Crippen molar-refractivity contribution in [1.29, 1.82) is 0 Å². The lowest BCUT2D eigenvalue weighted by Gasteiger charge is -2.12. The molecule has 0 aliphatic rings. The third-order valence-electron chi connectivity index (χ3n) is 2.55. The van der Waals surface area contributed by atoms with E-state index < -0.39 is 10.0 Å². The molecule has 0 saturated carbocycles. The molecule has 6 heteroatoms. The van der Waals surface area contributed by atoms with Crippen LogP contribution in [0.1, 0.15) is 18.9 Å². The molecule has 0 unspecified atom stereocenters. The maximum absolute atomic E-state index is 11.9. The van der Waals surface area contributed by atoms with Crippen LogP contribution in [0.4, 0.5) is 5.69 Å². The van der Waals surface area contributed by atoms with Crippen LogP contribution in [0, 0.1) is 0 Å². The summed E-state index contributed by atoms with van der Waals surface area (Å²) < 4.78 is 27.4. The summed E-state index contributed by atoms with van der Waals surface area (Å²) in [7, 11) is -1.45. The fraction of sp³-hybridized carbons (Fsp3) is 0.500. The molecule has 4 nitrogen and oxygen atoms in total. The smallest absolute Gasteiger partial charge is 0.232 e. The SMILES string of the molecule is CCc1cc(Br)ccc1NS(=O)(=O)CCCNC. The topological polar surface area (TPSA) is 58.2 Å². The molecular weight excluding hydrogens is 316 g/mol. The van der Waals surface area contributed by atoms with Crippen LogP contribution in [0.2, 0.25) is 0 Å². The van der Waals surface area contributed by atoms with Crippen LogP contribution in [0.15, 0.2) is 22.7 Å². The summed E-state index contributed by atoms with van der Waals surface area (Å²) in [4.78, 5) is 0. The predicted molar refractivity (Wildman–Crippen MR) is 79.5 cm³/mol. The molecule has 1 aromatic carbocycles. The van der Waals surface area contributed by atoms with Crippen molar-refractivity contribution in [3.8, 4) is 0 Å². The van der Waals surface area contributed by atoms with Gasteiger partial charge in [-0.05, 0) is 50.2 Å². The highest BCUT2D eigenvalue weighted by molar-refractivity contribution is 9.10. The van der Waals surface area contributed by atoms with Crippen LogP contribution in [0.5, 0.6) is 0 Å². The number of benzene rings is 1. The van der Waals surface area contributed by atoms with Gasteiger partial charge >= 0.3 is 0 Å². The Hall–Kier alpha value is -0.590. The highest BCUT2D eigenvalue weighted by Crippen LogP contribution is 2.22. The second-order valence-corrected chi connectivity index (χ2v) is 6.79. The van der Waals surface area contributed by atoms with E-state index in [-0.39, 0.29) is 5.75 Å². The number of halogens is 1. The van der Waals surface area contributed by atoms with Crippen LogP contribution in [-0.4, -0.2) is 27.8 Å². The van der Waals surface area contributed by atoms with Crippen LogP contribution in [-0.2, 0) is 16.4 Å². The number of sulfonamides is 1. The first-order valence-electron chi connectivity index (χ1n) is 5.92. The Kier molecular flexibility index (Phi) is 6.11. The van der Waals surface area contributed by atoms with E-state index in [4.69, 9.17) is 0 Å². The molecule has 1 rings (SSSR count). The van der Waals surface area contributed by atoms with E-state index in [1.807, 2.05) is 26.1 Å². The molecule has 18 heavy (non-hydrogen) atoms. The maximum atomic E-state index is 11.9. The van der Waals surface area contributed by atoms with Crippen molar-refractivity contribution in [2.24, 2.45) is 0 Å². The lowest BCUT2D eigenvalue weighted by molar-refractivity contribution is 0.597. The van der Waals surface area contributed by atoms with Gasteiger partial charge in [0.1, 0.15) is 0 Å². The quantitative estimate of drug-likeness (QED) is 0.752. The standard InChI is InChI=1S/C12H19BrN2O2S/c1-3-10-9-11(13)5-6-12(10)15-18(16,17)8-4-7-14-2/h5-6,9,14-15H,3-4,7-8H2,1-2H3. The zero-order chi connectivity index (χ0) is 13.6. The monoisotopic (exact) mass is 334 g/mol. The molecule has 0 heterocycles. The van der Waals surface area contributed by atoms with Crippen molar-refractivity contribution in [2.45, 2.75) is 19.8 Å². The molecule has 0 amide bonds. The van der Waals surface area contributed by atoms with E-state index in [1.165, 1.54) is 0 Å². The van der Waals surface area contributed by atoms with Gasteiger partial charge < -0.3 is 5.32 Å². The minimum atomic E-state index is -3.26. The second-order valence-electron chi connectivity index (χ2n) is 4.03. The first-order valence-corrected chi connectivity index (χ1v) is 8.36. The molecule has 0 aliphatic heterocycles. The Bertz CT molecular complexity index is 489. The summed E-state index contributed by atoms with van der Waals surface area (Å²) in [5.74, 6) is 0.132. The summed E-state index contributed by atoms with van der Waals surface area (Å²) >= 11 is 3.38. The van der Waals surface area contributed by atoms with Gasteiger partial charge in [0.2, 0.25) is 10.0 Å². The molecule has 0 atom stereocenters. The van der Waals surface area contributed by atoms with Crippen LogP contribution < -0.4 is 10.0 Å². The highest BCUT2D eigenvalue weighted by atomic mass is 79.9. The van der Waals surface area contributed by atoms with Gasteiger partial charge in [0.15, 0.2) is 0 Å². The van der Waals surface area contributed by atoms with Gasteiger partial charge in [-0.2, -0.15) is 0 Å². The number of hydrogen-bond donors (Lipinski definition) is 2. The number of rotatable bonds is 7. The zero-order valence-corrected chi connectivity index (χ0v) is 13.1.